The zero-order valence-electron chi connectivity index (χ0n) is 11.0. The van der Waals surface area contributed by atoms with E-state index in [0.29, 0.717) is 0 Å². The quantitative estimate of drug-likeness (QED) is 0.741. The molecule has 1 aromatic rings. The van der Waals surface area contributed by atoms with Crippen molar-refractivity contribution in [1.29, 1.82) is 0 Å². The maximum atomic E-state index is 12.4. The number of nitrogens with zero attached hydrogens (tertiary/aromatic N) is 3. The van der Waals surface area contributed by atoms with Crippen molar-refractivity contribution < 1.29 is 4.79 Å². The smallest absolute Gasteiger partial charge is 0.268 e. The lowest BCUT2D eigenvalue weighted by atomic mass is 10.2. The maximum absolute atomic E-state index is 12.4. The van der Waals surface area contributed by atoms with Crippen molar-refractivity contribution in [2.75, 3.05) is 13.1 Å². The summed E-state index contributed by atoms with van der Waals surface area (Å²) in [5, 5.41) is 4.07. The third-order valence-corrected chi connectivity index (χ3v) is 4.02. The van der Waals surface area contributed by atoms with Gasteiger partial charge in [-0.2, -0.15) is 5.10 Å². The summed E-state index contributed by atoms with van der Waals surface area (Å²) in [4.78, 5) is 26.1. The third kappa shape index (κ3) is 3.55. The van der Waals surface area contributed by atoms with E-state index >= 15 is 0 Å². The van der Waals surface area contributed by atoms with Crippen molar-refractivity contribution in [2.45, 2.75) is 38.6 Å². The van der Waals surface area contributed by atoms with Gasteiger partial charge in [0.1, 0.15) is 6.04 Å². The van der Waals surface area contributed by atoms with E-state index in [9.17, 15) is 9.59 Å². The van der Waals surface area contributed by atoms with Gasteiger partial charge in [-0.25, -0.2) is 4.68 Å². The Morgan fingerprint density at radius 1 is 1.32 bits per heavy atom. The van der Waals surface area contributed by atoms with Gasteiger partial charge in [-0.05, 0) is 42.4 Å². The summed E-state index contributed by atoms with van der Waals surface area (Å²) < 4.78 is 2.06. The first-order valence-corrected chi connectivity index (χ1v) is 7.70. The molecule has 0 N–H and O–H groups in total. The molecule has 0 bridgehead atoms. The van der Waals surface area contributed by atoms with Crippen molar-refractivity contribution in [3.05, 3.63) is 26.2 Å². The lowest BCUT2D eigenvalue weighted by Crippen LogP contribution is -2.40. The molecule has 5 nitrogen and oxygen atoms in total. The van der Waals surface area contributed by atoms with Gasteiger partial charge in [-0.15, -0.1) is 0 Å². The minimum Gasteiger partial charge on any atom is -0.341 e. The van der Waals surface area contributed by atoms with Crippen molar-refractivity contribution in [3.63, 3.8) is 0 Å². The van der Waals surface area contributed by atoms with Gasteiger partial charge < -0.3 is 4.90 Å². The molecule has 1 fully saturated rings. The van der Waals surface area contributed by atoms with Crippen LogP contribution in [-0.4, -0.2) is 33.7 Å². The fourth-order valence-corrected chi connectivity index (χ4v) is 2.74. The Balaban J connectivity index is 2.15. The summed E-state index contributed by atoms with van der Waals surface area (Å²) in [5.41, 5.74) is -0.220. The third-order valence-electron chi connectivity index (χ3n) is 3.43. The van der Waals surface area contributed by atoms with E-state index in [4.69, 9.17) is 0 Å². The minimum absolute atomic E-state index is 0.00212. The molecule has 1 aliphatic rings. The highest BCUT2D eigenvalue weighted by atomic mass is 127. The maximum Gasteiger partial charge on any atom is 0.268 e. The lowest BCUT2D eigenvalue weighted by molar-refractivity contribution is -0.134. The molecule has 1 atom stereocenters. The Kier molecular flexibility index (Phi) is 4.95. The van der Waals surface area contributed by atoms with E-state index in [2.05, 4.69) is 5.10 Å². The molecule has 2 rings (SSSR count). The van der Waals surface area contributed by atoms with Crippen molar-refractivity contribution >= 4 is 28.5 Å². The first-order chi connectivity index (χ1) is 9.09. The molecule has 104 valence electrons. The molecule has 2 heterocycles. The molecule has 6 heteroatoms. The average molecular weight is 375 g/mol. The normalized spacial score (nSPS) is 17.9. The van der Waals surface area contributed by atoms with Crippen LogP contribution in [0.3, 0.4) is 0 Å². The van der Waals surface area contributed by atoms with Crippen molar-refractivity contribution in [2.24, 2.45) is 0 Å². The summed E-state index contributed by atoms with van der Waals surface area (Å²) >= 11 is 2.04. The van der Waals surface area contributed by atoms with Crippen LogP contribution in [0.5, 0.6) is 0 Å². The van der Waals surface area contributed by atoms with E-state index in [0.717, 1.165) is 29.5 Å². The Bertz CT molecular complexity index is 507. The SMILES string of the molecule is CC(C(=O)N1CCCCCC1)n1ncc(I)cc1=O. The van der Waals surface area contributed by atoms with Gasteiger partial charge in [0.2, 0.25) is 5.91 Å². The van der Waals surface area contributed by atoms with Crippen LogP contribution in [0, 0.1) is 3.57 Å². The van der Waals surface area contributed by atoms with Gasteiger partial charge in [-0.1, -0.05) is 12.8 Å². The number of carbonyl (C=O) groups is 1. The molecular weight excluding hydrogens is 357 g/mol. The number of amides is 1. The molecule has 1 unspecified atom stereocenters. The standard InChI is InChI=1S/C13H18IN3O2/c1-10(17-12(18)8-11(14)9-15-17)13(19)16-6-4-2-3-5-7-16/h8-10H,2-7H2,1H3. The second-order valence-corrected chi connectivity index (χ2v) is 6.12. The molecule has 0 aromatic carbocycles. The molecule has 1 aromatic heterocycles. The molecule has 0 radical (unpaired) electrons. The highest BCUT2D eigenvalue weighted by molar-refractivity contribution is 14.1. The predicted molar refractivity (Wildman–Crippen MR) is 81.0 cm³/mol. The van der Waals surface area contributed by atoms with Crippen molar-refractivity contribution in [1.82, 2.24) is 14.7 Å². The van der Waals surface area contributed by atoms with Crippen LogP contribution in [-0.2, 0) is 4.79 Å². The minimum atomic E-state index is -0.525. The Morgan fingerprint density at radius 3 is 2.53 bits per heavy atom. The van der Waals surface area contributed by atoms with E-state index < -0.39 is 6.04 Å². The first kappa shape index (κ1) is 14.5. The number of hydrogen-bond acceptors (Lipinski definition) is 3. The molecule has 1 saturated heterocycles. The summed E-state index contributed by atoms with van der Waals surface area (Å²) in [5.74, 6) is -0.00212. The number of halogens is 1. The van der Waals surface area contributed by atoms with E-state index in [1.807, 2.05) is 27.5 Å². The number of hydrogen-bond donors (Lipinski definition) is 0. The van der Waals surface area contributed by atoms with E-state index in [-0.39, 0.29) is 11.5 Å². The number of carbonyl (C=O) groups excluding carboxylic acids is 1. The van der Waals surface area contributed by atoms with Gasteiger partial charge in [0.25, 0.3) is 5.56 Å². The second-order valence-electron chi connectivity index (χ2n) is 4.87. The van der Waals surface area contributed by atoms with Gasteiger partial charge in [0, 0.05) is 22.7 Å². The van der Waals surface area contributed by atoms with E-state index in [1.165, 1.54) is 23.6 Å². The van der Waals surface area contributed by atoms with Gasteiger partial charge in [0.15, 0.2) is 0 Å². The topological polar surface area (TPSA) is 55.2 Å². The number of aromatic nitrogens is 2. The van der Waals surface area contributed by atoms with Crippen LogP contribution in [0.15, 0.2) is 17.1 Å². The Labute approximate surface area is 126 Å². The Hall–Kier alpha value is -0.920. The van der Waals surface area contributed by atoms with Crippen LogP contribution < -0.4 is 5.56 Å². The van der Waals surface area contributed by atoms with Crippen LogP contribution in [0.2, 0.25) is 0 Å². The molecule has 0 aliphatic carbocycles. The van der Waals surface area contributed by atoms with Gasteiger partial charge >= 0.3 is 0 Å². The molecule has 19 heavy (non-hydrogen) atoms. The highest BCUT2D eigenvalue weighted by Gasteiger charge is 2.24. The highest BCUT2D eigenvalue weighted by Crippen LogP contribution is 2.14. The Morgan fingerprint density at radius 2 is 1.95 bits per heavy atom. The van der Waals surface area contributed by atoms with Gasteiger partial charge in [-0.3, -0.25) is 9.59 Å². The van der Waals surface area contributed by atoms with Crippen molar-refractivity contribution in [3.8, 4) is 0 Å². The summed E-state index contributed by atoms with van der Waals surface area (Å²) in [6, 6.07) is 0.974. The molecule has 0 saturated carbocycles. The molecule has 0 spiro atoms. The second kappa shape index (κ2) is 6.49. The van der Waals surface area contributed by atoms with Crippen LogP contribution >= 0.6 is 22.6 Å². The van der Waals surface area contributed by atoms with Crippen LogP contribution in [0.25, 0.3) is 0 Å². The first-order valence-electron chi connectivity index (χ1n) is 6.63. The predicted octanol–water partition coefficient (Wildman–Crippen LogP) is 1.81. The fraction of sp³-hybridized carbons (Fsp3) is 0.615. The molecular formula is C13H18IN3O2. The largest absolute Gasteiger partial charge is 0.341 e. The molecule has 1 aliphatic heterocycles. The van der Waals surface area contributed by atoms with Gasteiger partial charge in [0.05, 0.1) is 6.20 Å². The van der Waals surface area contributed by atoms with E-state index in [1.54, 1.807) is 13.1 Å². The van der Waals surface area contributed by atoms with Crippen LogP contribution in [0.1, 0.15) is 38.6 Å². The monoisotopic (exact) mass is 375 g/mol. The summed E-state index contributed by atoms with van der Waals surface area (Å²) in [6.07, 6.45) is 6.06. The lowest BCUT2D eigenvalue weighted by Gasteiger charge is -2.24. The zero-order valence-corrected chi connectivity index (χ0v) is 13.2. The summed E-state index contributed by atoms with van der Waals surface area (Å²) in [7, 11) is 0. The fourth-order valence-electron chi connectivity index (χ4n) is 2.35. The number of likely N-dealkylation sites (tertiary alicyclic amines) is 1. The average Bonchev–Trinajstić information content (AvgIpc) is 2.66. The molecule has 1 amide bonds. The summed E-state index contributed by atoms with van der Waals surface area (Å²) in [6.45, 7) is 3.33. The van der Waals surface area contributed by atoms with Crippen LogP contribution in [0.4, 0.5) is 0 Å². The number of rotatable bonds is 2. The zero-order chi connectivity index (χ0) is 13.8.